The average molecular weight is 635 g/mol. The fraction of sp³-hybridized carbons (Fsp3) is 0.355. The van der Waals surface area contributed by atoms with Crippen molar-refractivity contribution in [3.8, 4) is 5.75 Å². The molecule has 3 aromatic carbocycles. The van der Waals surface area contributed by atoms with Crippen molar-refractivity contribution >= 4 is 50.7 Å². The standard InChI is InChI=1S/C31H37Cl2N3O5S/c1-4-7-19-34-31(38)29(5-2)35(21-23-13-18-27(32)28(33)20-23)30(37)22-36(24-11-9-8-10-12-24)42(39,40)26-16-14-25(15-17-26)41-6-3/h8-18,20,29H,4-7,19,21-22H2,1-3H3,(H,34,38)/t29-/m1/s1. The van der Waals surface area contributed by atoms with Crippen molar-refractivity contribution in [2.24, 2.45) is 0 Å². The number of unbranched alkanes of at least 4 members (excludes halogenated alkanes) is 1. The monoisotopic (exact) mass is 633 g/mol. The summed E-state index contributed by atoms with van der Waals surface area (Å²) in [5.41, 5.74) is 0.966. The van der Waals surface area contributed by atoms with E-state index in [9.17, 15) is 18.0 Å². The van der Waals surface area contributed by atoms with E-state index in [2.05, 4.69) is 5.32 Å². The van der Waals surface area contributed by atoms with Gasteiger partial charge in [0.2, 0.25) is 11.8 Å². The molecule has 0 radical (unpaired) electrons. The molecule has 3 aromatic rings. The van der Waals surface area contributed by atoms with Gasteiger partial charge in [-0.05, 0) is 73.9 Å². The van der Waals surface area contributed by atoms with Crippen molar-refractivity contribution in [2.45, 2.75) is 57.5 Å². The first-order valence-electron chi connectivity index (χ1n) is 13.9. The lowest BCUT2D eigenvalue weighted by molar-refractivity contribution is -0.140. The third kappa shape index (κ3) is 8.63. The Morgan fingerprint density at radius 2 is 1.62 bits per heavy atom. The molecule has 2 amide bonds. The number of carbonyl (C=O) groups excluding carboxylic acids is 2. The topological polar surface area (TPSA) is 96.0 Å². The van der Waals surface area contributed by atoms with E-state index in [1.807, 2.05) is 20.8 Å². The molecule has 0 unspecified atom stereocenters. The number of nitrogens with one attached hydrogen (secondary N) is 1. The predicted molar refractivity (Wildman–Crippen MR) is 168 cm³/mol. The van der Waals surface area contributed by atoms with Crippen LogP contribution in [-0.4, -0.2) is 50.9 Å². The average Bonchev–Trinajstić information content (AvgIpc) is 2.98. The number of hydrogen-bond donors (Lipinski definition) is 1. The van der Waals surface area contributed by atoms with E-state index >= 15 is 0 Å². The zero-order valence-electron chi connectivity index (χ0n) is 24.1. The van der Waals surface area contributed by atoms with E-state index in [1.165, 1.54) is 17.0 Å². The number of nitrogens with zero attached hydrogens (tertiary/aromatic N) is 2. The molecule has 0 saturated heterocycles. The van der Waals surface area contributed by atoms with Gasteiger partial charge in [0, 0.05) is 13.1 Å². The molecule has 3 rings (SSSR count). The van der Waals surface area contributed by atoms with E-state index in [1.54, 1.807) is 60.7 Å². The highest BCUT2D eigenvalue weighted by Gasteiger charge is 2.33. The maximum Gasteiger partial charge on any atom is 0.264 e. The first-order valence-corrected chi connectivity index (χ1v) is 16.1. The van der Waals surface area contributed by atoms with Gasteiger partial charge in [0.15, 0.2) is 0 Å². The molecule has 0 fully saturated rings. The summed E-state index contributed by atoms with van der Waals surface area (Å²) >= 11 is 12.4. The second kappa shape index (κ2) is 15.8. The molecule has 0 spiro atoms. The van der Waals surface area contributed by atoms with Crippen molar-refractivity contribution in [3.05, 3.63) is 88.4 Å². The summed E-state index contributed by atoms with van der Waals surface area (Å²) in [5.74, 6) is -0.316. The molecule has 8 nitrogen and oxygen atoms in total. The zero-order valence-corrected chi connectivity index (χ0v) is 26.4. The Hall–Kier alpha value is -3.27. The van der Waals surface area contributed by atoms with Crippen molar-refractivity contribution < 1.29 is 22.7 Å². The summed E-state index contributed by atoms with van der Waals surface area (Å²) in [7, 11) is -4.18. The predicted octanol–water partition coefficient (Wildman–Crippen LogP) is 6.31. The minimum absolute atomic E-state index is 0.00277. The second-order valence-corrected chi connectivity index (χ2v) is 12.3. The normalized spacial score (nSPS) is 11.9. The Labute approximate surface area is 258 Å². The van der Waals surface area contributed by atoms with Gasteiger partial charge in [-0.2, -0.15) is 0 Å². The number of benzene rings is 3. The van der Waals surface area contributed by atoms with Crippen LogP contribution in [0.1, 0.15) is 45.6 Å². The van der Waals surface area contributed by atoms with Gasteiger partial charge in [-0.25, -0.2) is 8.42 Å². The van der Waals surface area contributed by atoms with Crippen molar-refractivity contribution in [2.75, 3.05) is 24.0 Å². The molecule has 0 aromatic heterocycles. The highest BCUT2D eigenvalue weighted by molar-refractivity contribution is 7.92. The molecule has 0 aliphatic heterocycles. The lowest BCUT2D eigenvalue weighted by Crippen LogP contribution is -2.52. The molecule has 0 aliphatic rings. The smallest absolute Gasteiger partial charge is 0.264 e. The molecule has 0 saturated carbocycles. The van der Waals surface area contributed by atoms with Crippen LogP contribution < -0.4 is 14.4 Å². The van der Waals surface area contributed by atoms with Crippen LogP contribution in [0.25, 0.3) is 0 Å². The number of hydrogen-bond acceptors (Lipinski definition) is 5. The van der Waals surface area contributed by atoms with Gasteiger partial charge in [0.1, 0.15) is 18.3 Å². The van der Waals surface area contributed by atoms with Crippen LogP contribution in [0, 0.1) is 0 Å². The first kappa shape index (κ1) is 33.2. The lowest BCUT2D eigenvalue weighted by Gasteiger charge is -2.33. The molecule has 0 heterocycles. The highest BCUT2D eigenvalue weighted by atomic mass is 35.5. The number of halogens is 2. The van der Waals surface area contributed by atoms with Crippen LogP contribution >= 0.6 is 23.2 Å². The summed E-state index contributed by atoms with van der Waals surface area (Å²) in [5, 5.41) is 3.58. The Morgan fingerprint density at radius 3 is 2.21 bits per heavy atom. The highest BCUT2D eigenvalue weighted by Crippen LogP contribution is 2.27. The molecule has 226 valence electrons. The summed E-state index contributed by atoms with van der Waals surface area (Å²) in [4.78, 5) is 28.8. The zero-order chi connectivity index (χ0) is 30.7. The Morgan fingerprint density at radius 1 is 0.929 bits per heavy atom. The number of amides is 2. The van der Waals surface area contributed by atoms with Gasteiger partial charge in [-0.15, -0.1) is 0 Å². The summed E-state index contributed by atoms with van der Waals surface area (Å²) < 4.78 is 34.4. The second-order valence-electron chi connectivity index (χ2n) is 9.59. The molecular formula is C31H37Cl2N3O5S. The molecule has 0 bridgehead atoms. The van der Waals surface area contributed by atoms with E-state index in [-0.39, 0.29) is 17.3 Å². The van der Waals surface area contributed by atoms with Crippen LogP contribution in [0.5, 0.6) is 5.75 Å². The van der Waals surface area contributed by atoms with Crippen molar-refractivity contribution in [1.82, 2.24) is 10.2 Å². The minimum atomic E-state index is -4.18. The van der Waals surface area contributed by atoms with Crippen molar-refractivity contribution in [3.63, 3.8) is 0 Å². The third-order valence-corrected chi connectivity index (χ3v) is 9.13. The SMILES string of the molecule is CCCCNC(=O)[C@@H](CC)N(Cc1ccc(Cl)c(Cl)c1)C(=O)CN(c1ccccc1)S(=O)(=O)c1ccc(OCC)cc1. The number of sulfonamides is 1. The van der Waals surface area contributed by atoms with E-state index in [0.717, 1.165) is 17.1 Å². The summed E-state index contributed by atoms with van der Waals surface area (Å²) in [6.45, 7) is 6.09. The Kier molecular flexibility index (Phi) is 12.5. The number of carbonyl (C=O) groups is 2. The molecule has 0 aliphatic carbocycles. The number of rotatable bonds is 15. The van der Waals surface area contributed by atoms with Gasteiger partial charge in [-0.3, -0.25) is 13.9 Å². The van der Waals surface area contributed by atoms with E-state index < -0.39 is 28.5 Å². The fourth-order valence-electron chi connectivity index (χ4n) is 4.39. The lowest BCUT2D eigenvalue weighted by atomic mass is 10.1. The molecule has 11 heteroatoms. The summed E-state index contributed by atoms with van der Waals surface area (Å²) in [6, 6.07) is 18.6. The van der Waals surface area contributed by atoms with Gasteiger partial charge in [0.25, 0.3) is 10.0 Å². The first-order chi connectivity index (χ1) is 20.1. The van der Waals surface area contributed by atoms with E-state index in [4.69, 9.17) is 27.9 Å². The van der Waals surface area contributed by atoms with Crippen LogP contribution in [0.15, 0.2) is 77.7 Å². The van der Waals surface area contributed by atoms with Crippen LogP contribution in [0.4, 0.5) is 5.69 Å². The Balaban J connectivity index is 2.01. The Bertz CT molecular complexity index is 1440. The molecule has 42 heavy (non-hydrogen) atoms. The fourth-order valence-corrected chi connectivity index (χ4v) is 6.12. The molecule has 1 N–H and O–H groups in total. The molecule has 1 atom stereocenters. The number of ether oxygens (including phenoxy) is 1. The van der Waals surface area contributed by atoms with Gasteiger partial charge >= 0.3 is 0 Å². The van der Waals surface area contributed by atoms with Gasteiger partial charge in [0.05, 0.1) is 27.2 Å². The van der Waals surface area contributed by atoms with Gasteiger partial charge in [-0.1, -0.05) is 67.7 Å². The van der Waals surface area contributed by atoms with E-state index in [0.29, 0.717) is 46.6 Å². The quantitative estimate of drug-likeness (QED) is 0.198. The van der Waals surface area contributed by atoms with Crippen LogP contribution in [0.2, 0.25) is 10.0 Å². The van der Waals surface area contributed by atoms with Crippen molar-refractivity contribution in [1.29, 1.82) is 0 Å². The minimum Gasteiger partial charge on any atom is -0.494 e. The number of anilines is 1. The summed E-state index contributed by atoms with van der Waals surface area (Å²) in [6.07, 6.45) is 2.02. The van der Waals surface area contributed by atoms with Gasteiger partial charge < -0.3 is 15.0 Å². The maximum atomic E-state index is 14.1. The molecular weight excluding hydrogens is 597 g/mol. The largest absolute Gasteiger partial charge is 0.494 e. The third-order valence-electron chi connectivity index (χ3n) is 6.60. The number of para-hydroxylation sites is 1. The van der Waals surface area contributed by atoms with Crippen LogP contribution in [-0.2, 0) is 26.2 Å². The van der Waals surface area contributed by atoms with Crippen LogP contribution in [0.3, 0.4) is 0 Å². The maximum absolute atomic E-state index is 14.1.